The van der Waals surface area contributed by atoms with E-state index in [1.54, 1.807) is 6.08 Å². The van der Waals surface area contributed by atoms with Crippen molar-refractivity contribution < 1.29 is 24.5 Å². The van der Waals surface area contributed by atoms with E-state index in [0.717, 1.165) is 22.3 Å². The maximum Gasteiger partial charge on any atom is 0.407 e. The fraction of sp³-hybridized carbons (Fsp3) is 0.200. The molecule has 2 aromatic carbocycles. The van der Waals surface area contributed by atoms with Crippen molar-refractivity contribution in [2.24, 2.45) is 0 Å². The second-order valence-corrected chi connectivity index (χ2v) is 7.32. The maximum atomic E-state index is 12.4. The number of hydrogen-bond acceptors (Lipinski definition) is 4. The summed E-state index contributed by atoms with van der Waals surface area (Å²) < 4.78 is 5.42. The third-order valence-corrected chi connectivity index (χ3v) is 5.17. The Morgan fingerprint density at radius 2 is 1.65 bits per heavy atom. The second kappa shape index (κ2) is 9.80. The van der Waals surface area contributed by atoms with Gasteiger partial charge in [-0.05, 0) is 40.8 Å². The van der Waals surface area contributed by atoms with Crippen LogP contribution < -0.4 is 5.32 Å². The van der Waals surface area contributed by atoms with Gasteiger partial charge in [0.2, 0.25) is 0 Å². The Morgan fingerprint density at radius 1 is 1.06 bits per heavy atom. The molecule has 1 atom stereocenters. The normalized spacial score (nSPS) is 14.4. The number of carbonyl (C=O) groups is 2. The number of fused-ring (bicyclic) bond motifs is 3. The molecule has 0 saturated heterocycles. The van der Waals surface area contributed by atoms with Crippen LogP contribution >= 0.6 is 0 Å². The standard InChI is InChI=1S/C25H25NO5/c1-3-17(13-12-16(2)27)14-23(24(28)29)26-25(30)31-15-22-20-10-6-4-8-18(20)19-9-5-7-11-21(19)22/h3-13,22-23,27H,1,14-15H2,2H3,(H,26,30)(H,28,29)/b16-12+,17-13+. The lowest BCUT2D eigenvalue weighted by Crippen LogP contribution is -2.41. The third-order valence-electron chi connectivity index (χ3n) is 5.17. The molecule has 1 amide bonds. The van der Waals surface area contributed by atoms with E-state index in [9.17, 15) is 19.8 Å². The van der Waals surface area contributed by atoms with Crippen molar-refractivity contribution in [2.75, 3.05) is 6.61 Å². The predicted molar refractivity (Wildman–Crippen MR) is 119 cm³/mol. The summed E-state index contributed by atoms with van der Waals surface area (Å²) in [6.45, 7) is 5.25. The minimum Gasteiger partial charge on any atom is -0.513 e. The number of carbonyl (C=O) groups excluding carboxylic acids is 1. The number of aliphatic hydroxyl groups is 1. The number of carboxylic acids is 1. The number of rotatable bonds is 8. The lowest BCUT2D eigenvalue weighted by Gasteiger charge is -2.17. The molecule has 2 aromatic rings. The quantitative estimate of drug-likeness (QED) is 0.416. The number of ether oxygens (including phenoxy) is 1. The van der Waals surface area contributed by atoms with Crippen molar-refractivity contribution >= 4 is 12.1 Å². The van der Waals surface area contributed by atoms with E-state index in [-0.39, 0.29) is 24.7 Å². The summed E-state index contributed by atoms with van der Waals surface area (Å²) in [6.07, 6.45) is 3.68. The van der Waals surface area contributed by atoms with E-state index in [1.165, 1.54) is 19.1 Å². The van der Waals surface area contributed by atoms with Gasteiger partial charge in [-0.15, -0.1) is 0 Å². The van der Waals surface area contributed by atoms with Gasteiger partial charge in [-0.3, -0.25) is 0 Å². The van der Waals surface area contributed by atoms with Gasteiger partial charge in [0.25, 0.3) is 0 Å². The molecule has 31 heavy (non-hydrogen) atoms. The Morgan fingerprint density at radius 3 is 2.16 bits per heavy atom. The Labute approximate surface area is 181 Å². The average molecular weight is 419 g/mol. The zero-order chi connectivity index (χ0) is 22.4. The summed E-state index contributed by atoms with van der Waals surface area (Å²) in [5, 5.41) is 21.2. The number of benzene rings is 2. The summed E-state index contributed by atoms with van der Waals surface area (Å²) in [5.74, 6) is -1.22. The van der Waals surface area contributed by atoms with Crippen molar-refractivity contribution in [3.63, 3.8) is 0 Å². The highest BCUT2D eigenvalue weighted by Gasteiger charge is 2.29. The molecule has 3 N–H and O–H groups in total. The summed E-state index contributed by atoms with van der Waals surface area (Å²) >= 11 is 0. The van der Waals surface area contributed by atoms with Crippen LogP contribution in [0.2, 0.25) is 0 Å². The van der Waals surface area contributed by atoms with E-state index in [4.69, 9.17) is 4.74 Å². The summed E-state index contributed by atoms with van der Waals surface area (Å²) in [7, 11) is 0. The van der Waals surface area contributed by atoms with Crippen molar-refractivity contribution in [2.45, 2.75) is 25.3 Å². The zero-order valence-electron chi connectivity index (χ0n) is 17.2. The molecule has 0 bridgehead atoms. The van der Waals surface area contributed by atoms with E-state index in [1.807, 2.05) is 48.5 Å². The molecule has 1 aliphatic rings. The van der Waals surface area contributed by atoms with Crippen molar-refractivity contribution in [1.29, 1.82) is 0 Å². The van der Waals surface area contributed by atoms with Crippen LogP contribution in [-0.4, -0.2) is 34.9 Å². The van der Waals surface area contributed by atoms with Gasteiger partial charge in [-0.1, -0.05) is 67.3 Å². The Bertz CT molecular complexity index is 1000. The number of aliphatic hydroxyl groups excluding tert-OH is 1. The molecule has 0 saturated carbocycles. The average Bonchev–Trinajstić information content (AvgIpc) is 3.08. The molecule has 0 aromatic heterocycles. The Kier molecular flexibility index (Phi) is 6.92. The maximum absolute atomic E-state index is 12.4. The van der Waals surface area contributed by atoms with Crippen LogP contribution in [-0.2, 0) is 9.53 Å². The molecule has 0 aliphatic heterocycles. The van der Waals surface area contributed by atoms with Crippen LogP contribution in [0.15, 0.2) is 84.7 Å². The van der Waals surface area contributed by atoms with Crippen LogP contribution in [0.5, 0.6) is 0 Å². The number of aliphatic carboxylic acids is 1. The van der Waals surface area contributed by atoms with E-state index in [2.05, 4.69) is 11.9 Å². The molecule has 0 spiro atoms. The number of alkyl carbamates (subject to hydrolysis) is 1. The van der Waals surface area contributed by atoms with Gasteiger partial charge in [-0.2, -0.15) is 0 Å². The molecule has 1 unspecified atom stereocenters. The first kappa shape index (κ1) is 21.9. The van der Waals surface area contributed by atoms with Crippen molar-refractivity contribution in [1.82, 2.24) is 5.32 Å². The van der Waals surface area contributed by atoms with Gasteiger partial charge in [0, 0.05) is 12.3 Å². The monoisotopic (exact) mass is 419 g/mol. The highest BCUT2D eigenvalue weighted by molar-refractivity contribution is 5.81. The van der Waals surface area contributed by atoms with Gasteiger partial charge >= 0.3 is 12.1 Å². The fourth-order valence-electron chi connectivity index (χ4n) is 3.67. The van der Waals surface area contributed by atoms with Gasteiger partial charge in [0.1, 0.15) is 12.6 Å². The second-order valence-electron chi connectivity index (χ2n) is 7.32. The number of hydrogen-bond donors (Lipinski definition) is 3. The summed E-state index contributed by atoms with van der Waals surface area (Å²) in [6, 6.07) is 14.8. The van der Waals surface area contributed by atoms with E-state index in [0.29, 0.717) is 5.57 Å². The number of allylic oxidation sites excluding steroid dienone is 4. The van der Waals surface area contributed by atoms with Crippen LogP contribution in [0.3, 0.4) is 0 Å². The van der Waals surface area contributed by atoms with Crippen LogP contribution in [0.25, 0.3) is 11.1 Å². The smallest absolute Gasteiger partial charge is 0.407 e. The summed E-state index contributed by atoms with van der Waals surface area (Å²) in [4.78, 5) is 24.0. The van der Waals surface area contributed by atoms with Gasteiger partial charge in [0.05, 0.1) is 5.76 Å². The molecular weight excluding hydrogens is 394 g/mol. The van der Waals surface area contributed by atoms with Gasteiger partial charge in [-0.25, -0.2) is 9.59 Å². The predicted octanol–water partition coefficient (Wildman–Crippen LogP) is 4.94. The summed E-state index contributed by atoms with van der Waals surface area (Å²) in [5.41, 5.74) is 4.94. The number of nitrogens with one attached hydrogen (secondary N) is 1. The highest BCUT2D eigenvalue weighted by Crippen LogP contribution is 2.44. The first-order chi connectivity index (χ1) is 14.9. The lowest BCUT2D eigenvalue weighted by atomic mass is 9.98. The molecule has 0 radical (unpaired) electrons. The van der Waals surface area contributed by atoms with E-state index >= 15 is 0 Å². The first-order valence-electron chi connectivity index (χ1n) is 9.94. The van der Waals surface area contributed by atoms with Crippen LogP contribution in [0, 0.1) is 0 Å². The molecule has 0 heterocycles. The lowest BCUT2D eigenvalue weighted by molar-refractivity contribution is -0.139. The molecule has 6 heteroatoms. The topological polar surface area (TPSA) is 95.9 Å². The molecule has 3 rings (SSSR count). The Balaban J connectivity index is 1.67. The minimum atomic E-state index is -1.19. The minimum absolute atomic E-state index is 0.00675. The number of amides is 1. The first-order valence-corrected chi connectivity index (χ1v) is 9.94. The van der Waals surface area contributed by atoms with Crippen molar-refractivity contribution in [3.8, 4) is 11.1 Å². The highest BCUT2D eigenvalue weighted by atomic mass is 16.5. The SMILES string of the molecule is C=C/C(=C\C=C(/C)O)CC(NC(=O)OCC1c2ccccc2-c2ccccc21)C(=O)O. The molecule has 6 nitrogen and oxygen atoms in total. The Hall–Kier alpha value is -3.80. The molecule has 1 aliphatic carbocycles. The molecular formula is C25H25NO5. The third kappa shape index (κ3) is 5.22. The fourth-order valence-corrected chi connectivity index (χ4v) is 3.67. The molecule has 0 fully saturated rings. The molecule has 160 valence electrons. The van der Waals surface area contributed by atoms with Gasteiger partial charge in [0.15, 0.2) is 0 Å². The van der Waals surface area contributed by atoms with Crippen molar-refractivity contribution in [3.05, 3.63) is 95.8 Å². The van der Waals surface area contributed by atoms with Crippen LogP contribution in [0.4, 0.5) is 4.79 Å². The van der Waals surface area contributed by atoms with E-state index < -0.39 is 18.1 Å². The van der Waals surface area contributed by atoms with Gasteiger partial charge < -0.3 is 20.3 Å². The number of carboxylic acid groups (broad SMARTS) is 1. The zero-order valence-corrected chi connectivity index (χ0v) is 17.2. The largest absolute Gasteiger partial charge is 0.513 e. The van der Waals surface area contributed by atoms with Crippen LogP contribution in [0.1, 0.15) is 30.4 Å².